The van der Waals surface area contributed by atoms with Crippen molar-refractivity contribution in [3.8, 4) is 0 Å². The Hall–Kier alpha value is 0.194. The van der Waals surface area contributed by atoms with Gasteiger partial charge in [-0.05, 0) is 45.3 Å². The van der Waals surface area contributed by atoms with Gasteiger partial charge in [-0.15, -0.1) is 0 Å². The lowest BCUT2D eigenvalue weighted by Gasteiger charge is -2.36. The van der Waals surface area contributed by atoms with Crippen molar-refractivity contribution in [2.24, 2.45) is 32.5 Å². The van der Waals surface area contributed by atoms with Crippen LogP contribution in [0.5, 0.6) is 0 Å². The van der Waals surface area contributed by atoms with E-state index in [4.69, 9.17) is 26.6 Å². The van der Waals surface area contributed by atoms with Crippen LogP contribution in [0.2, 0.25) is 12.1 Å². The van der Waals surface area contributed by atoms with Gasteiger partial charge < -0.3 is 26.6 Å². The van der Waals surface area contributed by atoms with E-state index in [0.717, 1.165) is 24.9 Å². The molecule has 0 bridgehead atoms. The van der Waals surface area contributed by atoms with Crippen molar-refractivity contribution in [1.82, 2.24) is 0 Å². The van der Waals surface area contributed by atoms with Crippen molar-refractivity contribution in [2.45, 2.75) is 188 Å². The molecule has 48 heavy (non-hydrogen) atoms. The molecule has 0 saturated carbocycles. The van der Waals surface area contributed by atoms with Crippen molar-refractivity contribution < 1.29 is 26.6 Å². The molecule has 290 valence electrons. The maximum absolute atomic E-state index is 6.66. The first kappa shape index (κ1) is 48.2. The molecule has 0 aliphatic rings. The summed E-state index contributed by atoms with van der Waals surface area (Å²) in [5, 5.41) is 0. The molecule has 0 aromatic heterocycles. The summed E-state index contributed by atoms with van der Waals surface area (Å²) >= 11 is 0. The van der Waals surface area contributed by atoms with E-state index < -0.39 is 17.6 Å². The summed E-state index contributed by atoms with van der Waals surface area (Å²) in [6, 6.07) is 1.78. The zero-order valence-corrected chi connectivity index (χ0v) is 37.8. The van der Waals surface area contributed by atoms with E-state index >= 15 is 0 Å². The highest BCUT2D eigenvalue weighted by molar-refractivity contribution is 6.61. The third-order valence-corrected chi connectivity index (χ3v) is 12.5. The Morgan fingerprint density at radius 3 is 0.542 bits per heavy atom. The molecule has 0 rings (SSSR count). The smallest absolute Gasteiger partial charge is 0.373 e. The van der Waals surface area contributed by atoms with Crippen LogP contribution in [-0.2, 0) is 26.6 Å². The Labute approximate surface area is 303 Å². The molecule has 0 N–H and O–H groups in total. The van der Waals surface area contributed by atoms with E-state index in [1.807, 2.05) is 0 Å². The first-order valence-corrected chi connectivity index (χ1v) is 23.1. The van der Waals surface area contributed by atoms with Gasteiger partial charge in [0, 0.05) is 51.7 Å². The van der Waals surface area contributed by atoms with Crippen LogP contribution in [0.15, 0.2) is 0 Å². The SMILES string of the molecule is CC(C)(C)CO[Si](CCCCCCCCCC[Si](OCC(C)(C)C)(OCC(C)(C)C)OCC(C)(C)C)(OCC(C)(C)C)OCC(C)(C)C. The summed E-state index contributed by atoms with van der Waals surface area (Å²) in [7, 11) is -5.63. The molecular formula is C40H86O6Si2. The third-order valence-electron chi connectivity index (χ3n) is 7.07. The van der Waals surface area contributed by atoms with Crippen LogP contribution in [0.1, 0.15) is 176 Å². The summed E-state index contributed by atoms with van der Waals surface area (Å²) in [5.74, 6) is 0. The lowest BCUT2D eigenvalue weighted by Crippen LogP contribution is -2.50. The number of unbranched alkanes of at least 4 members (excludes halogenated alkanes) is 7. The fourth-order valence-electron chi connectivity index (χ4n) is 4.39. The van der Waals surface area contributed by atoms with Crippen molar-refractivity contribution in [3.63, 3.8) is 0 Å². The Bertz CT molecular complexity index is 674. The summed E-state index contributed by atoms with van der Waals surface area (Å²) in [4.78, 5) is 0. The second-order valence-electron chi connectivity index (χ2n) is 21.8. The van der Waals surface area contributed by atoms with Crippen LogP contribution in [0.4, 0.5) is 0 Å². The van der Waals surface area contributed by atoms with Gasteiger partial charge in [0.1, 0.15) is 0 Å². The topological polar surface area (TPSA) is 55.4 Å². The largest absolute Gasteiger partial charge is 0.501 e. The second-order valence-corrected chi connectivity index (χ2v) is 27.3. The molecule has 0 atom stereocenters. The van der Waals surface area contributed by atoms with E-state index in [9.17, 15) is 0 Å². The van der Waals surface area contributed by atoms with E-state index in [2.05, 4.69) is 125 Å². The monoisotopic (exact) mass is 719 g/mol. The van der Waals surface area contributed by atoms with E-state index in [-0.39, 0.29) is 32.5 Å². The molecule has 0 unspecified atom stereocenters. The van der Waals surface area contributed by atoms with Gasteiger partial charge in [0.15, 0.2) is 0 Å². The van der Waals surface area contributed by atoms with Crippen LogP contribution in [-0.4, -0.2) is 57.3 Å². The maximum Gasteiger partial charge on any atom is 0.501 e. The Morgan fingerprint density at radius 1 is 0.250 bits per heavy atom. The Kier molecular flexibility index (Phi) is 20.5. The average Bonchev–Trinajstić information content (AvgIpc) is 2.88. The minimum absolute atomic E-state index is 0.0622. The standard InChI is InChI=1S/C40H86O6Si2/c1-35(2,3)29-41-47(42-30-36(4,5)6,43-31-37(7,8)9)27-25-23-21-19-20-22-24-26-28-48(44-32-38(10,11)12,45-33-39(13,14)15)46-34-40(16,17)18/h19-34H2,1-18H3. The lowest BCUT2D eigenvalue weighted by atomic mass is 9.99. The molecule has 0 saturated heterocycles. The predicted molar refractivity (Wildman–Crippen MR) is 210 cm³/mol. The predicted octanol–water partition coefficient (Wildman–Crippen LogP) is 12.4. The quantitative estimate of drug-likeness (QED) is 0.0774. The normalized spacial score (nSPS) is 14.6. The minimum atomic E-state index is -2.82. The molecule has 0 fully saturated rings. The summed E-state index contributed by atoms with van der Waals surface area (Å²) in [6.45, 7) is 43.9. The van der Waals surface area contributed by atoms with Gasteiger partial charge in [-0.2, -0.15) is 0 Å². The third kappa shape index (κ3) is 28.8. The first-order valence-electron chi connectivity index (χ1n) is 19.3. The van der Waals surface area contributed by atoms with Crippen LogP contribution >= 0.6 is 0 Å². The van der Waals surface area contributed by atoms with E-state index in [0.29, 0.717) is 39.6 Å². The fraction of sp³-hybridized carbons (Fsp3) is 1.00. The highest BCUT2D eigenvalue weighted by atomic mass is 28.4. The van der Waals surface area contributed by atoms with Crippen LogP contribution < -0.4 is 0 Å². The highest BCUT2D eigenvalue weighted by Gasteiger charge is 2.45. The van der Waals surface area contributed by atoms with Gasteiger partial charge in [-0.25, -0.2) is 0 Å². The minimum Gasteiger partial charge on any atom is -0.373 e. The zero-order valence-electron chi connectivity index (χ0n) is 35.8. The fourth-order valence-corrected chi connectivity index (χ4v) is 11.0. The summed E-state index contributed by atoms with van der Waals surface area (Å²) in [6.07, 6.45) is 9.52. The summed E-state index contributed by atoms with van der Waals surface area (Å²) in [5.41, 5.74) is 0.373. The highest BCUT2D eigenvalue weighted by Crippen LogP contribution is 2.31. The molecule has 0 aliphatic heterocycles. The van der Waals surface area contributed by atoms with Crippen molar-refractivity contribution in [3.05, 3.63) is 0 Å². The zero-order chi connectivity index (χ0) is 37.6. The number of rotatable bonds is 23. The van der Waals surface area contributed by atoms with Gasteiger partial charge in [0.2, 0.25) is 0 Å². The molecule has 0 spiro atoms. The average molecular weight is 719 g/mol. The molecule has 0 amide bonds. The van der Waals surface area contributed by atoms with Crippen molar-refractivity contribution in [1.29, 1.82) is 0 Å². The number of hydrogen-bond donors (Lipinski definition) is 0. The molecule has 0 radical (unpaired) electrons. The molecule has 0 heterocycles. The maximum atomic E-state index is 6.66. The van der Waals surface area contributed by atoms with Crippen LogP contribution in [0.3, 0.4) is 0 Å². The van der Waals surface area contributed by atoms with Gasteiger partial charge in [0.25, 0.3) is 0 Å². The van der Waals surface area contributed by atoms with Crippen LogP contribution in [0, 0.1) is 32.5 Å². The number of hydrogen-bond acceptors (Lipinski definition) is 6. The van der Waals surface area contributed by atoms with Gasteiger partial charge in [-0.1, -0.05) is 163 Å². The van der Waals surface area contributed by atoms with Gasteiger partial charge in [-0.3, -0.25) is 0 Å². The molecule has 8 heteroatoms. The van der Waals surface area contributed by atoms with E-state index in [1.165, 1.54) is 38.5 Å². The van der Waals surface area contributed by atoms with Crippen molar-refractivity contribution >= 4 is 17.6 Å². The van der Waals surface area contributed by atoms with Gasteiger partial charge in [0.05, 0.1) is 0 Å². The Morgan fingerprint density at radius 2 is 0.396 bits per heavy atom. The van der Waals surface area contributed by atoms with Gasteiger partial charge >= 0.3 is 17.6 Å². The second kappa shape index (κ2) is 20.4. The molecule has 0 aromatic rings. The molecule has 0 aromatic carbocycles. The van der Waals surface area contributed by atoms with Crippen molar-refractivity contribution in [2.75, 3.05) is 39.6 Å². The molecular weight excluding hydrogens is 633 g/mol. The lowest BCUT2D eigenvalue weighted by molar-refractivity contribution is 0.00331. The van der Waals surface area contributed by atoms with Crippen LogP contribution in [0.25, 0.3) is 0 Å². The Balaban J connectivity index is 5.12. The van der Waals surface area contributed by atoms with E-state index in [1.54, 1.807) is 0 Å². The molecule has 6 nitrogen and oxygen atoms in total. The first-order chi connectivity index (χ1) is 21.4. The molecule has 0 aliphatic carbocycles. The summed E-state index contributed by atoms with van der Waals surface area (Å²) < 4.78 is 40.0.